The van der Waals surface area contributed by atoms with E-state index in [2.05, 4.69) is 16.7 Å². The van der Waals surface area contributed by atoms with E-state index < -0.39 is 17.3 Å². The maximum atomic E-state index is 13.1. The van der Waals surface area contributed by atoms with Crippen molar-refractivity contribution in [2.24, 2.45) is 5.73 Å². The molecule has 1 aromatic heterocycles. The van der Waals surface area contributed by atoms with Gasteiger partial charge in [-0.05, 0) is 86.0 Å². The summed E-state index contributed by atoms with van der Waals surface area (Å²) in [4.78, 5) is 13.1. The van der Waals surface area contributed by atoms with Gasteiger partial charge in [0.25, 0.3) is 5.91 Å². The fourth-order valence-corrected chi connectivity index (χ4v) is 4.63. The topological polar surface area (TPSA) is 104 Å². The number of alkyl halides is 3. The molecule has 4 aromatic rings. The predicted octanol–water partition coefficient (Wildman–Crippen LogP) is 6.82. The molecule has 0 radical (unpaired) electrons. The zero-order valence-electron chi connectivity index (χ0n) is 23.1. The molecule has 1 heterocycles. The number of carbonyl (C=O) groups excluding carboxylic acids is 1. The Kier molecular flexibility index (Phi) is 9.42. The van der Waals surface area contributed by atoms with E-state index in [0.29, 0.717) is 41.2 Å². The highest BCUT2D eigenvalue weighted by Crippen LogP contribution is 2.31. The monoisotopic (exact) mass is 594 g/mol. The Bertz CT molecular complexity index is 1570. The Balaban J connectivity index is 1.42. The molecule has 4 rings (SSSR count). The Hall–Kier alpha value is -4.10. The van der Waals surface area contributed by atoms with Crippen LogP contribution in [0.1, 0.15) is 52.2 Å². The summed E-state index contributed by atoms with van der Waals surface area (Å²) in [5.41, 5.74) is 7.70. The molecule has 0 aliphatic carbocycles. The second kappa shape index (κ2) is 12.8. The molecule has 0 aliphatic heterocycles. The highest BCUT2D eigenvalue weighted by Gasteiger charge is 2.31. The van der Waals surface area contributed by atoms with E-state index in [0.717, 1.165) is 17.7 Å². The van der Waals surface area contributed by atoms with Crippen molar-refractivity contribution in [2.45, 2.75) is 44.6 Å². The SMILES string of the molecule is CC(C)(NCc1ccc(-c2ccc(Cl)c(C(=O)N[C@@H](CN)Cc3ccc(C#N)cc3)c2)o1)c1ccc(C(F)(F)F)cc1. The Morgan fingerprint density at radius 1 is 1.00 bits per heavy atom. The number of hydrogen-bond donors (Lipinski definition) is 3. The van der Waals surface area contributed by atoms with Crippen LogP contribution in [0.3, 0.4) is 0 Å². The summed E-state index contributed by atoms with van der Waals surface area (Å²) in [5, 5.41) is 15.5. The Morgan fingerprint density at radius 2 is 1.67 bits per heavy atom. The lowest BCUT2D eigenvalue weighted by molar-refractivity contribution is -0.137. The van der Waals surface area contributed by atoms with E-state index in [4.69, 9.17) is 27.0 Å². The quantitative estimate of drug-likeness (QED) is 0.187. The lowest BCUT2D eigenvalue weighted by Crippen LogP contribution is -2.41. The number of rotatable bonds is 10. The number of furan rings is 1. The number of nitrogens with one attached hydrogen (secondary N) is 2. The molecule has 1 amide bonds. The molecule has 3 aromatic carbocycles. The van der Waals surface area contributed by atoms with Crippen LogP contribution in [0.4, 0.5) is 13.2 Å². The molecule has 4 N–H and O–H groups in total. The van der Waals surface area contributed by atoms with Crippen LogP contribution in [-0.4, -0.2) is 18.5 Å². The first kappa shape index (κ1) is 30.8. The third kappa shape index (κ3) is 7.59. The summed E-state index contributed by atoms with van der Waals surface area (Å²) >= 11 is 6.37. The number of nitriles is 1. The van der Waals surface area contributed by atoms with Gasteiger partial charge in [0.1, 0.15) is 11.5 Å². The fraction of sp³-hybridized carbons (Fsp3) is 0.250. The molecule has 218 valence electrons. The van der Waals surface area contributed by atoms with Gasteiger partial charge >= 0.3 is 6.18 Å². The van der Waals surface area contributed by atoms with Crippen molar-refractivity contribution in [1.29, 1.82) is 5.26 Å². The number of benzene rings is 3. The second-order valence-electron chi connectivity index (χ2n) is 10.4. The summed E-state index contributed by atoms with van der Waals surface area (Å²) in [6, 6.07) is 22.5. The van der Waals surface area contributed by atoms with E-state index in [1.807, 2.05) is 26.0 Å². The van der Waals surface area contributed by atoms with Crippen LogP contribution < -0.4 is 16.4 Å². The molecule has 1 atom stereocenters. The van der Waals surface area contributed by atoms with Crippen molar-refractivity contribution in [2.75, 3.05) is 6.54 Å². The average molecular weight is 595 g/mol. The van der Waals surface area contributed by atoms with Crippen LogP contribution in [0.25, 0.3) is 11.3 Å². The minimum atomic E-state index is -4.39. The molecular weight excluding hydrogens is 565 g/mol. The van der Waals surface area contributed by atoms with Crippen LogP contribution in [0.2, 0.25) is 5.02 Å². The van der Waals surface area contributed by atoms with Gasteiger partial charge in [-0.3, -0.25) is 4.79 Å². The zero-order valence-corrected chi connectivity index (χ0v) is 23.8. The van der Waals surface area contributed by atoms with Gasteiger partial charge in [-0.1, -0.05) is 35.9 Å². The minimum Gasteiger partial charge on any atom is -0.460 e. The van der Waals surface area contributed by atoms with E-state index in [1.54, 1.807) is 42.5 Å². The summed E-state index contributed by atoms with van der Waals surface area (Å²) < 4.78 is 44.8. The third-order valence-electron chi connectivity index (χ3n) is 6.98. The van der Waals surface area contributed by atoms with Crippen molar-refractivity contribution in [3.05, 3.63) is 117 Å². The first-order chi connectivity index (χ1) is 19.9. The molecule has 0 bridgehead atoms. The molecule has 0 fully saturated rings. The number of nitrogens with two attached hydrogens (primary N) is 1. The van der Waals surface area contributed by atoms with Crippen molar-refractivity contribution in [3.8, 4) is 17.4 Å². The first-order valence-electron chi connectivity index (χ1n) is 13.2. The average Bonchev–Trinajstić information content (AvgIpc) is 3.45. The van der Waals surface area contributed by atoms with Crippen LogP contribution in [0, 0.1) is 11.3 Å². The van der Waals surface area contributed by atoms with Gasteiger partial charge in [0.05, 0.1) is 34.3 Å². The van der Waals surface area contributed by atoms with Gasteiger partial charge in [-0.2, -0.15) is 18.4 Å². The summed E-state index contributed by atoms with van der Waals surface area (Å²) in [7, 11) is 0. The Morgan fingerprint density at radius 3 is 2.29 bits per heavy atom. The second-order valence-corrected chi connectivity index (χ2v) is 10.8. The Labute approximate surface area is 247 Å². The predicted molar refractivity (Wildman–Crippen MR) is 156 cm³/mol. The normalized spacial score (nSPS) is 12.5. The van der Waals surface area contributed by atoms with Gasteiger partial charge in [0, 0.05) is 23.7 Å². The molecule has 10 heteroatoms. The molecule has 6 nitrogen and oxygen atoms in total. The summed E-state index contributed by atoms with van der Waals surface area (Å²) in [6.07, 6.45) is -3.90. The maximum Gasteiger partial charge on any atom is 0.416 e. The molecule has 42 heavy (non-hydrogen) atoms. The highest BCUT2D eigenvalue weighted by atomic mass is 35.5. The molecular formula is C32H30ClF3N4O2. The lowest BCUT2D eigenvalue weighted by Gasteiger charge is -2.27. The number of hydrogen-bond acceptors (Lipinski definition) is 5. The number of carbonyl (C=O) groups is 1. The fourth-order valence-electron chi connectivity index (χ4n) is 4.42. The van der Waals surface area contributed by atoms with Gasteiger partial charge in [-0.15, -0.1) is 0 Å². The lowest BCUT2D eigenvalue weighted by atomic mass is 9.93. The van der Waals surface area contributed by atoms with E-state index in [1.165, 1.54) is 12.1 Å². The van der Waals surface area contributed by atoms with Crippen molar-refractivity contribution >= 4 is 17.5 Å². The third-order valence-corrected chi connectivity index (χ3v) is 7.31. The van der Waals surface area contributed by atoms with Crippen LogP contribution in [-0.2, 0) is 24.7 Å². The smallest absolute Gasteiger partial charge is 0.416 e. The molecule has 0 aliphatic rings. The van der Waals surface area contributed by atoms with E-state index in [9.17, 15) is 18.0 Å². The summed E-state index contributed by atoms with van der Waals surface area (Å²) in [5.74, 6) is 0.757. The van der Waals surface area contributed by atoms with Gasteiger partial charge in [0.2, 0.25) is 0 Å². The van der Waals surface area contributed by atoms with Crippen LogP contribution in [0.5, 0.6) is 0 Å². The van der Waals surface area contributed by atoms with Crippen LogP contribution in [0.15, 0.2) is 83.3 Å². The molecule has 0 saturated carbocycles. The van der Waals surface area contributed by atoms with E-state index >= 15 is 0 Å². The summed E-state index contributed by atoms with van der Waals surface area (Å²) in [6.45, 7) is 4.28. The molecule has 0 unspecified atom stereocenters. The van der Waals surface area contributed by atoms with Crippen molar-refractivity contribution < 1.29 is 22.4 Å². The highest BCUT2D eigenvalue weighted by molar-refractivity contribution is 6.34. The van der Waals surface area contributed by atoms with Gasteiger partial charge < -0.3 is 20.8 Å². The standard InChI is InChI=1S/C32H30ClF3N4O2/c1-31(2,23-8-10-24(11-9-23)32(34,35)36)39-19-26-12-14-29(42-26)22-7-13-28(33)27(16-22)30(41)40-25(18-38)15-20-3-5-21(17-37)6-4-20/h3-14,16,25,39H,15,18-19,38H2,1-2H3,(H,40,41)/t25-/m1/s1. The molecule has 0 saturated heterocycles. The zero-order chi connectivity index (χ0) is 30.5. The molecule has 0 spiro atoms. The van der Waals surface area contributed by atoms with Crippen LogP contribution >= 0.6 is 11.6 Å². The van der Waals surface area contributed by atoms with Gasteiger partial charge in [-0.25, -0.2) is 0 Å². The number of halogens is 4. The van der Waals surface area contributed by atoms with Crippen molar-refractivity contribution in [1.82, 2.24) is 10.6 Å². The first-order valence-corrected chi connectivity index (χ1v) is 13.6. The van der Waals surface area contributed by atoms with Crippen molar-refractivity contribution in [3.63, 3.8) is 0 Å². The van der Waals surface area contributed by atoms with Gasteiger partial charge in [0.15, 0.2) is 0 Å². The maximum absolute atomic E-state index is 13.1. The van der Waals surface area contributed by atoms with E-state index in [-0.39, 0.29) is 29.1 Å². The minimum absolute atomic E-state index is 0.209. The number of nitrogens with zero attached hydrogens (tertiary/aromatic N) is 1. The largest absolute Gasteiger partial charge is 0.460 e. The number of amides is 1.